The van der Waals surface area contributed by atoms with Gasteiger partial charge in [-0.2, -0.15) is 0 Å². The second kappa shape index (κ2) is 5.88. The molecule has 0 aromatic heterocycles. The molecule has 102 valence electrons. The maximum Gasteiger partial charge on any atom is 0.161 e. The smallest absolute Gasteiger partial charge is 0.161 e. The molecule has 0 atom stereocenters. The molecule has 0 saturated heterocycles. The van der Waals surface area contributed by atoms with Crippen molar-refractivity contribution in [2.75, 3.05) is 11.1 Å². The maximum absolute atomic E-state index is 5.05. The molecule has 2 nitrogen and oxygen atoms in total. The van der Waals surface area contributed by atoms with Gasteiger partial charge in [-0.3, -0.25) is 4.99 Å². The molecule has 1 saturated carbocycles. The second-order valence-electron chi connectivity index (χ2n) is 5.43. The summed E-state index contributed by atoms with van der Waals surface area (Å²) in [5, 5.41) is 4.58. The fraction of sp³-hybridized carbons (Fsp3) is 0.533. The molecule has 19 heavy (non-hydrogen) atoms. The van der Waals surface area contributed by atoms with E-state index in [-0.39, 0.29) is 5.54 Å². The standard InChI is InChI=1S/C15H19BrN2S/c16-12-4-6-13(7-5-12)17-14-18-15(10-11-19-14)8-2-1-3-9-15/h4-7H,1-3,8-11H2,(H,17,18). The number of rotatable bonds is 1. The van der Waals surface area contributed by atoms with Gasteiger partial charge in [-0.15, -0.1) is 0 Å². The molecule has 4 heteroatoms. The fourth-order valence-corrected chi connectivity index (χ4v) is 4.32. The molecule has 1 aliphatic heterocycles. The lowest BCUT2D eigenvalue weighted by molar-refractivity contribution is 0.291. The molecule has 2 aliphatic rings. The second-order valence-corrected chi connectivity index (χ2v) is 7.43. The molecule has 0 bridgehead atoms. The summed E-state index contributed by atoms with van der Waals surface area (Å²) in [4.78, 5) is 5.05. The fourth-order valence-electron chi connectivity index (χ4n) is 2.93. The Morgan fingerprint density at radius 3 is 2.53 bits per heavy atom. The predicted octanol–water partition coefficient (Wildman–Crippen LogP) is 5.06. The summed E-state index contributed by atoms with van der Waals surface area (Å²) in [5.74, 6) is 1.20. The topological polar surface area (TPSA) is 24.4 Å². The summed E-state index contributed by atoms with van der Waals surface area (Å²) in [7, 11) is 0. The van der Waals surface area contributed by atoms with Crippen LogP contribution in [0.15, 0.2) is 33.7 Å². The molecule has 1 spiro atoms. The Labute approximate surface area is 127 Å². The normalized spacial score (nSPS) is 22.1. The summed E-state index contributed by atoms with van der Waals surface area (Å²) in [5.41, 5.74) is 1.38. The van der Waals surface area contributed by atoms with E-state index < -0.39 is 0 Å². The average Bonchev–Trinajstić information content (AvgIpc) is 2.42. The van der Waals surface area contributed by atoms with Gasteiger partial charge in [0.15, 0.2) is 5.17 Å². The number of nitrogens with one attached hydrogen (secondary N) is 1. The lowest BCUT2D eigenvalue weighted by Gasteiger charge is -2.37. The van der Waals surface area contributed by atoms with E-state index in [2.05, 4.69) is 45.5 Å². The van der Waals surface area contributed by atoms with Crippen molar-refractivity contribution in [3.8, 4) is 0 Å². The van der Waals surface area contributed by atoms with Gasteiger partial charge in [0.25, 0.3) is 0 Å². The summed E-state index contributed by atoms with van der Waals surface area (Å²) in [6, 6.07) is 8.31. The first-order chi connectivity index (χ1) is 9.26. The Bertz CT molecular complexity index is 464. The van der Waals surface area contributed by atoms with E-state index in [4.69, 9.17) is 4.99 Å². The van der Waals surface area contributed by atoms with Crippen LogP contribution in [0.5, 0.6) is 0 Å². The van der Waals surface area contributed by atoms with Crippen molar-refractivity contribution in [3.05, 3.63) is 28.7 Å². The van der Waals surface area contributed by atoms with Crippen LogP contribution >= 0.6 is 27.7 Å². The minimum Gasteiger partial charge on any atom is -0.335 e. The number of halogens is 1. The number of hydrogen-bond donors (Lipinski definition) is 1. The van der Waals surface area contributed by atoms with Crippen molar-refractivity contribution in [1.82, 2.24) is 0 Å². The van der Waals surface area contributed by atoms with Crippen molar-refractivity contribution in [1.29, 1.82) is 0 Å². The predicted molar refractivity (Wildman–Crippen MR) is 88.1 cm³/mol. The van der Waals surface area contributed by atoms with Crippen LogP contribution in [0.1, 0.15) is 38.5 Å². The van der Waals surface area contributed by atoms with E-state index in [1.165, 1.54) is 44.3 Å². The molecular weight excluding hydrogens is 320 g/mol. The van der Waals surface area contributed by atoms with Crippen molar-refractivity contribution >= 4 is 38.5 Å². The van der Waals surface area contributed by atoms with Gasteiger partial charge in [-0.25, -0.2) is 0 Å². The summed E-state index contributed by atoms with van der Waals surface area (Å²) < 4.78 is 1.11. The highest BCUT2D eigenvalue weighted by molar-refractivity contribution is 9.10. The maximum atomic E-state index is 5.05. The van der Waals surface area contributed by atoms with E-state index >= 15 is 0 Å². The zero-order valence-electron chi connectivity index (χ0n) is 11.0. The first kappa shape index (κ1) is 13.5. The lowest BCUT2D eigenvalue weighted by atomic mass is 9.80. The third-order valence-electron chi connectivity index (χ3n) is 4.02. The average molecular weight is 339 g/mol. The summed E-state index contributed by atoms with van der Waals surface area (Å²) in [6.45, 7) is 0. The highest BCUT2D eigenvalue weighted by Crippen LogP contribution is 2.39. The number of anilines is 1. The zero-order chi connectivity index (χ0) is 13.1. The van der Waals surface area contributed by atoms with Crippen LogP contribution in [0.2, 0.25) is 0 Å². The Balaban J connectivity index is 1.74. The molecule has 1 aromatic rings. The van der Waals surface area contributed by atoms with Crippen molar-refractivity contribution in [2.45, 2.75) is 44.1 Å². The van der Waals surface area contributed by atoms with Crippen molar-refractivity contribution in [3.63, 3.8) is 0 Å². The Kier molecular flexibility index (Phi) is 4.18. The van der Waals surface area contributed by atoms with E-state index in [1.807, 2.05) is 11.8 Å². The number of amidine groups is 1. The van der Waals surface area contributed by atoms with Gasteiger partial charge < -0.3 is 5.32 Å². The van der Waals surface area contributed by atoms with Gasteiger partial charge >= 0.3 is 0 Å². The third-order valence-corrected chi connectivity index (χ3v) is 5.43. The lowest BCUT2D eigenvalue weighted by Crippen LogP contribution is -2.35. The van der Waals surface area contributed by atoms with Crippen LogP contribution in [0, 0.1) is 0 Å². The molecule has 0 amide bonds. The van der Waals surface area contributed by atoms with Gasteiger partial charge in [-0.05, 0) is 43.5 Å². The third kappa shape index (κ3) is 3.34. The van der Waals surface area contributed by atoms with Gasteiger partial charge in [0, 0.05) is 15.9 Å². The Morgan fingerprint density at radius 2 is 1.79 bits per heavy atom. The van der Waals surface area contributed by atoms with E-state index in [9.17, 15) is 0 Å². The number of nitrogens with zero attached hydrogens (tertiary/aromatic N) is 1. The quantitative estimate of drug-likeness (QED) is 0.774. The Morgan fingerprint density at radius 1 is 1.05 bits per heavy atom. The van der Waals surface area contributed by atoms with Crippen LogP contribution in [-0.4, -0.2) is 16.5 Å². The molecule has 1 N–H and O–H groups in total. The summed E-state index contributed by atoms with van der Waals surface area (Å²) >= 11 is 5.32. The molecular formula is C15H19BrN2S. The summed E-state index contributed by atoms with van der Waals surface area (Å²) in [6.07, 6.45) is 7.89. The number of hydrogen-bond acceptors (Lipinski definition) is 3. The van der Waals surface area contributed by atoms with Crippen LogP contribution in [0.25, 0.3) is 0 Å². The SMILES string of the molecule is Brc1ccc(NC2=NC3(CCCCC3)CCS2)cc1. The molecule has 1 aromatic carbocycles. The largest absolute Gasteiger partial charge is 0.335 e. The number of aliphatic imine (C=N–C) groups is 1. The Hall–Kier alpha value is -0.480. The minimum atomic E-state index is 0.251. The van der Waals surface area contributed by atoms with Crippen LogP contribution in [-0.2, 0) is 0 Å². The van der Waals surface area contributed by atoms with Crippen molar-refractivity contribution in [2.24, 2.45) is 4.99 Å². The first-order valence-corrected chi connectivity index (χ1v) is 8.79. The van der Waals surface area contributed by atoms with Gasteiger partial charge in [0.2, 0.25) is 0 Å². The molecule has 1 fully saturated rings. The van der Waals surface area contributed by atoms with Crippen molar-refractivity contribution < 1.29 is 0 Å². The van der Waals surface area contributed by atoms with E-state index in [0.29, 0.717) is 0 Å². The molecule has 1 aliphatic carbocycles. The number of benzene rings is 1. The van der Waals surface area contributed by atoms with Gasteiger partial charge in [-0.1, -0.05) is 47.0 Å². The highest BCUT2D eigenvalue weighted by atomic mass is 79.9. The van der Waals surface area contributed by atoms with Gasteiger partial charge in [0.05, 0.1) is 5.54 Å². The van der Waals surface area contributed by atoms with Crippen LogP contribution in [0.4, 0.5) is 5.69 Å². The first-order valence-electron chi connectivity index (χ1n) is 7.01. The monoisotopic (exact) mass is 338 g/mol. The number of thioether (sulfide) groups is 1. The minimum absolute atomic E-state index is 0.251. The molecule has 1 heterocycles. The molecule has 0 radical (unpaired) electrons. The van der Waals surface area contributed by atoms with E-state index in [0.717, 1.165) is 15.3 Å². The zero-order valence-corrected chi connectivity index (χ0v) is 13.4. The van der Waals surface area contributed by atoms with Crippen LogP contribution in [0.3, 0.4) is 0 Å². The van der Waals surface area contributed by atoms with Gasteiger partial charge in [0.1, 0.15) is 0 Å². The van der Waals surface area contributed by atoms with Crippen LogP contribution < -0.4 is 5.32 Å². The van der Waals surface area contributed by atoms with E-state index in [1.54, 1.807) is 0 Å². The molecule has 0 unspecified atom stereocenters. The molecule has 3 rings (SSSR count). The highest BCUT2D eigenvalue weighted by Gasteiger charge is 2.34.